The normalized spacial score (nSPS) is 19.5. The largest absolute Gasteiger partial charge is 0.508 e. The lowest BCUT2D eigenvalue weighted by Gasteiger charge is -2.35. The lowest BCUT2D eigenvalue weighted by atomic mass is 10.0. The van der Waals surface area contributed by atoms with E-state index in [9.17, 15) is 14.7 Å². The Balaban J connectivity index is 1.51. The Morgan fingerprint density at radius 2 is 1.83 bits per heavy atom. The van der Waals surface area contributed by atoms with Gasteiger partial charge in [0.15, 0.2) is 0 Å². The molecule has 1 aliphatic heterocycles. The average molecular weight is 316 g/mol. The van der Waals surface area contributed by atoms with E-state index in [4.69, 9.17) is 0 Å². The molecule has 1 atom stereocenters. The number of carbonyl (C=O) groups is 2. The predicted molar refractivity (Wildman–Crippen MR) is 87.1 cm³/mol. The molecule has 5 heteroatoms. The fourth-order valence-electron chi connectivity index (χ4n) is 3.22. The van der Waals surface area contributed by atoms with Crippen LogP contribution in [0.25, 0.3) is 0 Å². The van der Waals surface area contributed by atoms with E-state index in [-0.39, 0.29) is 17.6 Å². The molecule has 1 N–H and O–H groups in total. The van der Waals surface area contributed by atoms with Crippen molar-refractivity contribution in [3.8, 4) is 5.75 Å². The van der Waals surface area contributed by atoms with Crippen LogP contribution in [0, 0.1) is 11.8 Å². The van der Waals surface area contributed by atoms with Crippen LogP contribution in [0.15, 0.2) is 24.3 Å². The highest BCUT2D eigenvalue weighted by molar-refractivity contribution is 5.94. The molecule has 23 heavy (non-hydrogen) atoms. The van der Waals surface area contributed by atoms with Crippen LogP contribution < -0.4 is 0 Å². The molecule has 1 aromatic carbocycles. The minimum atomic E-state index is -0.0839. The van der Waals surface area contributed by atoms with E-state index in [2.05, 4.69) is 6.92 Å². The summed E-state index contributed by atoms with van der Waals surface area (Å²) in [4.78, 5) is 28.4. The molecule has 0 bridgehead atoms. The van der Waals surface area contributed by atoms with Crippen LogP contribution in [-0.4, -0.2) is 52.9 Å². The second-order valence-corrected chi connectivity index (χ2v) is 6.74. The molecule has 0 spiro atoms. The standard InChI is InChI=1S/C18H24N2O3/c1-13(14-5-6-14)11-17(22)19-7-9-20(10-8-19)18(23)15-3-2-4-16(21)12-15/h2-4,12-14,21H,5-11H2,1H3/t13-/m1/s1. The zero-order valence-corrected chi connectivity index (χ0v) is 13.6. The number of phenolic OH excluding ortho intramolecular Hbond substituents is 1. The summed E-state index contributed by atoms with van der Waals surface area (Å²) in [6, 6.07) is 6.41. The molecule has 2 fully saturated rings. The summed E-state index contributed by atoms with van der Waals surface area (Å²) in [6.07, 6.45) is 3.16. The van der Waals surface area contributed by atoms with E-state index < -0.39 is 0 Å². The summed E-state index contributed by atoms with van der Waals surface area (Å²) in [5.41, 5.74) is 0.493. The topological polar surface area (TPSA) is 60.9 Å². The van der Waals surface area contributed by atoms with Crippen molar-refractivity contribution in [3.05, 3.63) is 29.8 Å². The van der Waals surface area contributed by atoms with Gasteiger partial charge in [-0.05, 0) is 42.9 Å². The molecule has 1 aromatic rings. The molecule has 5 nitrogen and oxygen atoms in total. The van der Waals surface area contributed by atoms with E-state index in [1.165, 1.54) is 18.9 Å². The maximum atomic E-state index is 12.4. The SMILES string of the molecule is C[C@H](CC(=O)N1CCN(C(=O)c2cccc(O)c2)CC1)C1CC1. The van der Waals surface area contributed by atoms with Gasteiger partial charge in [0.1, 0.15) is 5.75 Å². The highest BCUT2D eigenvalue weighted by Gasteiger charge is 2.31. The zero-order valence-electron chi connectivity index (χ0n) is 13.6. The Kier molecular flexibility index (Phi) is 4.55. The summed E-state index contributed by atoms with van der Waals surface area (Å²) >= 11 is 0. The van der Waals surface area contributed by atoms with Crippen molar-refractivity contribution in [1.29, 1.82) is 0 Å². The molecular formula is C18H24N2O3. The first-order valence-corrected chi connectivity index (χ1v) is 8.40. The Hall–Kier alpha value is -2.04. The van der Waals surface area contributed by atoms with Crippen molar-refractivity contribution in [2.75, 3.05) is 26.2 Å². The third kappa shape index (κ3) is 3.84. The van der Waals surface area contributed by atoms with Crippen molar-refractivity contribution < 1.29 is 14.7 Å². The van der Waals surface area contributed by atoms with Crippen molar-refractivity contribution in [2.45, 2.75) is 26.2 Å². The second-order valence-electron chi connectivity index (χ2n) is 6.74. The van der Waals surface area contributed by atoms with Crippen LogP contribution in [0.3, 0.4) is 0 Å². The highest BCUT2D eigenvalue weighted by Crippen LogP contribution is 2.38. The number of rotatable bonds is 4. The highest BCUT2D eigenvalue weighted by atomic mass is 16.3. The van der Waals surface area contributed by atoms with Crippen molar-refractivity contribution >= 4 is 11.8 Å². The molecule has 2 aliphatic rings. The molecule has 2 amide bonds. The van der Waals surface area contributed by atoms with Gasteiger partial charge in [0, 0.05) is 38.2 Å². The number of benzene rings is 1. The fourth-order valence-corrected chi connectivity index (χ4v) is 3.22. The molecule has 1 saturated carbocycles. The van der Waals surface area contributed by atoms with Crippen molar-refractivity contribution in [1.82, 2.24) is 9.80 Å². The fraction of sp³-hybridized carbons (Fsp3) is 0.556. The number of nitrogens with zero attached hydrogens (tertiary/aromatic N) is 2. The Bertz CT molecular complexity index is 590. The van der Waals surface area contributed by atoms with Gasteiger partial charge >= 0.3 is 0 Å². The van der Waals surface area contributed by atoms with Gasteiger partial charge < -0.3 is 14.9 Å². The van der Waals surface area contributed by atoms with Crippen LogP contribution in [0.5, 0.6) is 5.75 Å². The molecule has 1 saturated heterocycles. The van der Waals surface area contributed by atoms with Gasteiger partial charge in [0.25, 0.3) is 5.91 Å². The Labute approximate surface area is 136 Å². The molecule has 124 valence electrons. The van der Waals surface area contributed by atoms with Crippen LogP contribution in [0.2, 0.25) is 0 Å². The summed E-state index contributed by atoms with van der Waals surface area (Å²) in [6.45, 7) is 4.47. The minimum Gasteiger partial charge on any atom is -0.508 e. The second kappa shape index (κ2) is 6.60. The first-order chi connectivity index (χ1) is 11.0. The van der Waals surface area contributed by atoms with Crippen LogP contribution >= 0.6 is 0 Å². The number of piperazine rings is 1. The van der Waals surface area contributed by atoms with Gasteiger partial charge in [-0.25, -0.2) is 0 Å². The van der Waals surface area contributed by atoms with E-state index in [0.29, 0.717) is 44.1 Å². The van der Waals surface area contributed by atoms with E-state index in [1.54, 1.807) is 23.1 Å². The number of hydrogen-bond acceptors (Lipinski definition) is 3. The maximum absolute atomic E-state index is 12.4. The first kappa shape index (κ1) is 15.8. The third-order valence-electron chi connectivity index (χ3n) is 4.94. The van der Waals surface area contributed by atoms with E-state index in [1.807, 2.05) is 4.90 Å². The lowest BCUT2D eigenvalue weighted by Crippen LogP contribution is -2.50. The van der Waals surface area contributed by atoms with Gasteiger partial charge in [-0.2, -0.15) is 0 Å². The minimum absolute atomic E-state index is 0.0839. The summed E-state index contributed by atoms with van der Waals surface area (Å²) < 4.78 is 0. The monoisotopic (exact) mass is 316 g/mol. The van der Waals surface area contributed by atoms with Crippen LogP contribution in [0.4, 0.5) is 0 Å². The number of carbonyl (C=O) groups excluding carboxylic acids is 2. The predicted octanol–water partition coefficient (Wildman–Crippen LogP) is 2.11. The Morgan fingerprint density at radius 3 is 2.43 bits per heavy atom. The third-order valence-corrected chi connectivity index (χ3v) is 4.94. The van der Waals surface area contributed by atoms with E-state index >= 15 is 0 Å². The molecule has 0 aromatic heterocycles. The number of hydrogen-bond donors (Lipinski definition) is 1. The zero-order chi connectivity index (χ0) is 16.4. The quantitative estimate of drug-likeness (QED) is 0.925. The van der Waals surface area contributed by atoms with Crippen molar-refractivity contribution in [2.24, 2.45) is 11.8 Å². The molecular weight excluding hydrogens is 292 g/mol. The molecule has 1 aliphatic carbocycles. The van der Waals surface area contributed by atoms with Gasteiger partial charge in [-0.1, -0.05) is 13.0 Å². The lowest BCUT2D eigenvalue weighted by molar-refractivity contribution is -0.133. The Morgan fingerprint density at radius 1 is 1.17 bits per heavy atom. The first-order valence-electron chi connectivity index (χ1n) is 8.40. The van der Waals surface area contributed by atoms with Gasteiger partial charge in [-0.3, -0.25) is 9.59 Å². The molecule has 0 unspecified atom stereocenters. The molecule has 0 radical (unpaired) electrons. The van der Waals surface area contributed by atoms with Gasteiger partial charge in [-0.15, -0.1) is 0 Å². The number of amides is 2. The maximum Gasteiger partial charge on any atom is 0.254 e. The molecule has 3 rings (SSSR count). The van der Waals surface area contributed by atoms with Crippen LogP contribution in [-0.2, 0) is 4.79 Å². The summed E-state index contributed by atoms with van der Waals surface area (Å²) in [7, 11) is 0. The average Bonchev–Trinajstić information content (AvgIpc) is 3.39. The van der Waals surface area contributed by atoms with Crippen molar-refractivity contribution in [3.63, 3.8) is 0 Å². The van der Waals surface area contributed by atoms with Gasteiger partial charge in [0.05, 0.1) is 0 Å². The number of phenols is 1. The van der Waals surface area contributed by atoms with Crippen LogP contribution in [0.1, 0.15) is 36.5 Å². The van der Waals surface area contributed by atoms with Gasteiger partial charge in [0.2, 0.25) is 5.91 Å². The summed E-state index contributed by atoms with van der Waals surface area (Å²) in [5.74, 6) is 1.45. The smallest absolute Gasteiger partial charge is 0.254 e. The van der Waals surface area contributed by atoms with E-state index in [0.717, 1.165) is 5.92 Å². The molecule has 1 heterocycles. The number of aromatic hydroxyl groups is 1. The summed E-state index contributed by atoms with van der Waals surface area (Å²) in [5, 5.41) is 9.49.